The van der Waals surface area contributed by atoms with Gasteiger partial charge in [-0.05, 0) is 62.2 Å². The van der Waals surface area contributed by atoms with Gasteiger partial charge in [0.2, 0.25) is 5.91 Å². The molecule has 34 heavy (non-hydrogen) atoms. The van der Waals surface area contributed by atoms with Crippen LogP contribution < -0.4 is 15.0 Å². The Hall–Kier alpha value is -3.06. The number of benzene rings is 2. The number of amides is 2. The zero-order chi connectivity index (χ0) is 23.9. The molecule has 4 rings (SSSR count). The van der Waals surface area contributed by atoms with E-state index in [2.05, 4.69) is 41.1 Å². The fourth-order valence-corrected chi connectivity index (χ4v) is 4.69. The van der Waals surface area contributed by atoms with E-state index in [0.717, 1.165) is 44.0 Å². The summed E-state index contributed by atoms with van der Waals surface area (Å²) in [6, 6.07) is 15.7. The van der Waals surface area contributed by atoms with Crippen LogP contribution in [0, 0.1) is 12.8 Å². The lowest BCUT2D eigenvalue weighted by Crippen LogP contribution is -2.46. The van der Waals surface area contributed by atoms with E-state index in [1.807, 2.05) is 36.4 Å². The number of hydrogen-bond donors (Lipinski definition) is 1. The van der Waals surface area contributed by atoms with Crippen molar-refractivity contribution in [1.82, 2.24) is 9.80 Å². The van der Waals surface area contributed by atoms with Gasteiger partial charge in [-0.1, -0.05) is 25.1 Å². The molecule has 2 aromatic rings. The fraction of sp³-hybridized carbons (Fsp3) is 0.481. The van der Waals surface area contributed by atoms with Crippen LogP contribution in [0.4, 0.5) is 11.4 Å². The molecule has 7 nitrogen and oxygen atoms in total. The van der Waals surface area contributed by atoms with Gasteiger partial charge in [-0.2, -0.15) is 0 Å². The number of hydrogen-bond acceptors (Lipinski definition) is 5. The third-order valence-electron chi connectivity index (χ3n) is 6.98. The number of carbonyl (C=O) groups is 2. The molecule has 0 radical (unpaired) electrons. The Morgan fingerprint density at radius 1 is 0.971 bits per heavy atom. The first-order valence-corrected chi connectivity index (χ1v) is 12.4. The lowest BCUT2D eigenvalue weighted by Gasteiger charge is -2.35. The Labute approximate surface area is 202 Å². The number of carbonyl (C=O) groups excluding carboxylic acids is 2. The Kier molecular flexibility index (Phi) is 8.06. The molecular weight excluding hydrogens is 428 g/mol. The number of piperidine rings is 1. The zero-order valence-corrected chi connectivity index (χ0v) is 20.3. The number of nitrogens with one attached hydrogen (secondary N) is 1. The Morgan fingerprint density at radius 2 is 1.68 bits per heavy atom. The van der Waals surface area contributed by atoms with Crippen molar-refractivity contribution in [2.24, 2.45) is 5.92 Å². The number of rotatable bonds is 7. The van der Waals surface area contributed by atoms with Crippen LogP contribution in [-0.4, -0.2) is 74.0 Å². The van der Waals surface area contributed by atoms with Crippen LogP contribution >= 0.6 is 0 Å². The Morgan fingerprint density at radius 3 is 2.32 bits per heavy atom. The summed E-state index contributed by atoms with van der Waals surface area (Å²) in [4.78, 5) is 32.1. The number of likely N-dealkylation sites (N-methyl/N-ethyl adjacent to an activating group) is 1. The summed E-state index contributed by atoms with van der Waals surface area (Å²) >= 11 is 0. The van der Waals surface area contributed by atoms with Gasteiger partial charge in [-0.25, -0.2) is 0 Å². The first-order valence-electron chi connectivity index (χ1n) is 12.4. The lowest BCUT2D eigenvalue weighted by atomic mass is 9.95. The van der Waals surface area contributed by atoms with E-state index in [9.17, 15) is 9.59 Å². The molecule has 0 aromatic heterocycles. The molecule has 1 N–H and O–H groups in total. The van der Waals surface area contributed by atoms with Gasteiger partial charge < -0.3 is 24.8 Å². The maximum Gasteiger partial charge on any atom is 0.260 e. The predicted octanol–water partition coefficient (Wildman–Crippen LogP) is 3.39. The molecule has 2 fully saturated rings. The second-order valence-electron chi connectivity index (χ2n) is 9.17. The van der Waals surface area contributed by atoms with E-state index in [1.165, 1.54) is 5.69 Å². The molecule has 2 aliphatic rings. The summed E-state index contributed by atoms with van der Waals surface area (Å²) in [5.41, 5.74) is 3.17. The van der Waals surface area contributed by atoms with Gasteiger partial charge >= 0.3 is 0 Å². The highest BCUT2D eigenvalue weighted by Gasteiger charge is 2.28. The van der Waals surface area contributed by atoms with Crippen LogP contribution in [0.5, 0.6) is 5.75 Å². The van der Waals surface area contributed by atoms with Crippen LogP contribution in [0.3, 0.4) is 0 Å². The van der Waals surface area contributed by atoms with Crippen molar-refractivity contribution < 1.29 is 14.3 Å². The van der Waals surface area contributed by atoms with E-state index in [-0.39, 0.29) is 24.3 Å². The van der Waals surface area contributed by atoms with Gasteiger partial charge in [0.15, 0.2) is 6.61 Å². The van der Waals surface area contributed by atoms with Crippen molar-refractivity contribution in [2.45, 2.75) is 26.7 Å². The Bertz CT molecular complexity index is 965. The van der Waals surface area contributed by atoms with E-state index in [1.54, 1.807) is 4.90 Å². The third-order valence-corrected chi connectivity index (χ3v) is 6.98. The molecule has 2 aliphatic heterocycles. The molecule has 0 atom stereocenters. The SMILES string of the molecule is CCN1CCN(c2ccc(NC(=O)C3CCN(C(=O)COc4ccccc4)CC3)c(C)c2)CC1. The highest BCUT2D eigenvalue weighted by Crippen LogP contribution is 2.26. The minimum absolute atomic E-state index is 0.0277. The molecule has 2 saturated heterocycles. The lowest BCUT2D eigenvalue weighted by molar-refractivity contribution is -0.136. The number of ether oxygens (including phenoxy) is 1. The normalized spacial score (nSPS) is 17.5. The molecule has 2 aromatic carbocycles. The number of likely N-dealkylation sites (tertiary alicyclic amines) is 1. The molecule has 0 aliphatic carbocycles. The monoisotopic (exact) mass is 464 g/mol. The number of aryl methyl sites for hydroxylation is 1. The number of anilines is 2. The molecule has 7 heteroatoms. The minimum Gasteiger partial charge on any atom is -0.484 e. The van der Waals surface area contributed by atoms with Crippen LogP contribution in [0.2, 0.25) is 0 Å². The average Bonchev–Trinajstić information content (AvgIpc) is 2.89. The molecule has 0 saturated carbocycles. The number of nitrogens with zero attached hydrogens (tertiary/aromatic N) is 3. The van der Waals surface area contributed by atoms with E-state index in [0.29, 0.717) is 31.7 Å². The van der Waals surface area contributed by atoms with E-state index >= 15 is 0 Å². The van der Waals surface area contributed by atoms with Gasteiger partial charge in [-0.3, -0.25) is 9.59 Å². The van der Waals surface area contributed by atoms with Crippen molar-refractivity contribution in [1.29, 1.82) is 0 Å². The zero-order valence-electron chi connectivity index (χ0n) is 20.3. The molecule has 0 bridgehead atoms. The summed E-state index contributed by atoms with van der Waals surface area (Å²) in [5, 5.41) is 3.12. The summed E-state index contributed by atoms with van der Waals surface area (Å²) in [7, 11) is 0. The molecule has 2 heterocycles. The second kappa shape index (κ2) is 11.4. The summed E-state index contributed by atoms with van der Waals surface area (Å²) < 4.78 is 5.58. The average molecular weight is 465 g/mol. The summed E-state index contributed by atoms with van der Waals surface area (Å²) in [5.74, 6) is 0.615. The van der Waals surface area contributed by atoms with Crippen molar-refractivity contribution in [3.8, 4) is 5.75 Å². The maximum absolute atomic E-state index is 12.9. The number of para-hydroxylation sites is 1. The molecular formula is C27H36N4O3. The van der Waals surface area contributed by atoms with Gasteiger partial charge in [0.25, 0.3) is 5.91 Å². The molecule has 182 valence electrons. The van der Waals surface area contributed by atoms with Gasteiger partial charge in [0, 0.05) is 56.6 Å². The largest absolute Gasteiger partial charge is 0.484 e. The van der Waals surface area contributed by atoms with Gasteiger partial charge in [0.05, 0.1) is 0 Å². The van der Waals surface area contributed by atoms with E-state index in [4.69, 9.17) is 4.74 Å². The van der Waals surface area contributed by atoms with E-state index < -0.39 is 0 Å². The molecule has 0 unspecified atom stereocenters. The quantitative estimate of drug-likeness (QED) is 0.681. The second-order valence-corrected chi connectivity index (χ2v) is 9.17. The van der Waals surface area contributed by atoms with Crippen LogP contribution in [0.25, 0.3) is 0 Å². The maximum atomic E-state index is 12.9. The topological polar surface area (TPSA) is 65.1 Å². The number of piperazine rings is 1. The summed E-state index contributed by atoms with van der Waals surface area (Å²) in [6.45, 7) is 10.8. The Balaban J connectivity index is 1.24. The smallest absolute Gasteiger partial charge is 0.260 e. The van der Waals surface area contributed by atoms with Crippen LogP contribution in [0.15, 0.2) is 48.5 Å². The summed E-state index contributed by atoms with van der Waals surface area (Å²) in [6.07, 6.45) is 1.34. The first-order chi connectivity index (χ1) is 16.5. The molecule has 2 amide bonds. The van der Waals surface area contributed by atoms with Crippen LogP contribution in [0.1, 0.15) is 25.3 Å². The van der Waals surface area contributed by atoms with Crippen LogP contribution in [-0.2, 0) is 9.59 Å². The third kappa shape index (κ3) is 6.08. The van der Waals surface area contributed by atoms with Gasteiger partial charge in [-0.15, -0.1) is 0 Å². The standard InChI is InChI=1S/C27H36N4O3/c1-3-29-15-17-30(18-16-29)23-9-10-25(21(2)19-23)28-27(33)22-11-13-31(14-12-22)26(32)20-34-24-7-5-4-6-8-24/h4-10,19,22H,3,11-18,20H2,1-2H3,(H,28,33). The predicted molar refractivity (Wildman–Crippen MR) is 135 cm³/mol. The van der Waals surface area contributed by atoms with Gasteiger partial charge in [0.1, 0.15) is 5.75 Å². The van der Waals surface area contributed by atoms with Crippen molar-refractivity contribution in [3.05, 3.63) is 54.1 Å². The highest BCUT2D eigenvalue weighted by molar-refractivity contribution is 5.93. The highest BCUT2D eigenvalue weighted by atomic mass is 16.5. The fourth-order valence-electron chi connectivity index (χ4n) is 4.69. The van der Waals surface area contributed by atoms with Crippen molar-refractivity contribution in [3.63, 3.8) is 0 Å². The van der Waals surface area contributed by atoms with Crippen molar-refractivity contribution in [2.75, 3.05) is 62.6 Å². The van der Waals surface area contributed by atoms with Crippen molar-refractivity contribution >= 4 is 23.2 Å². The minimum atomic E-state index is -0.0831. The first kappa shape index (κ1) is 24.1. The molecule has 0 spiro atoms.